The van der Waals surface area contributed by atoms with Crippen molar-refractivity contribution in [1.82, 2.24) is 10.2 Å². The maximum atomic E-state index is 13.3. The molecule has 0 unspecified atom stereocenters. The van der Waals surface area contributed by atoms with E-state index in [1.54, 1.807) is 17.0 Å². The highest BCUT2D eigenvalue weighted by Crippen LogP contribution is 2.28. The van der Waals surface area contributed by atoms with Gasteiger partial charge in [0.2, 0.25) is 11.8 Å². The fraction of sp³-hybridized carbons (Fsp3) is 0.619. The molecule has 0 spiro atoms. The molecule has 2 amide bonds. The van der Waals surface area contributed by atoms with E-state index in [-0.39, 0.29) is 41.6 Å². The van der Waals surface area contributed by atoms with Crippen LogP contribution in [0, 0.1) is 17.7 Å². The molecule has 2 aliphatic rings. The molecule has 0 aromatic heterocycles. The molecule has 2 heterocycles. The van der Waals surface area contributed by atoms with Gasteiger partial charge in [0.15, 0.2) is 0 Å². The van der Waals surface area contributed by atoms with Crippen LogP contribution >= 0.6 is 0 Å². The van der Waals surface area contributed by atoms with Gasteiger partial charge in [-0.15, -0.1) is 0 Å². The van der Waals surface area contributed by atoms with Crippen molar-refractivity contribution < 1.29 is 18.7 Å². The molecule has 0 radical (unpaired) electrons. The van der Waals surface area contributed by atoms with E-state index >= 15 is 0 Å². The zero-order valence-electron chi connectivity index (χ0n) is 16.1. The number of nitrogens with one attached hydrogen (secondary N) is 1. The minimum atomic E-state index is -0.300. The normalized spacial score (nSPS) is 24.1. The van der Waals surface area contributed by atoms with E-state index in [1.165, 1.54) is 12.1 Å². The third kappa shape index (κ3) is 4.86. The SMILES string of the molecule is CC(C)C(=O)N1CCC[C@H](C(=O)N[C@H](c2ccc(F)cc2)[C@H]2CCCO2)C1. The average molecular weight is 376 g/mol. The topological polar surface area (TPSA) is 58.6 Å². The van der Waals surface area contributed by atoms with Crippen molar-refractivity contribution in [2.24, 2.45) is 11.8 Å². The van der Waals surface area contributed by atoms with Crippen molar-refractivity contribution in [1.29, 1.82) is 0 Å². The Balaban J connectivity index is 1.70. The summed E-state index contributed by atoms with van der Waals surface area (Å²) in [7, 11) is 0. The van der Waals surface area contributed by atoms with Gasteiger partial charge in [-0.05, 0) is 43.4 Å². The summed E-state index contributed by atoms with van der Waals surface area (Å²) >= 11 is 0. The van der Waals surface area contributed by atoms with Gasteiger partial charge in [-0.1, -0.05) is 26.0 Å². The van der Waals surface area contributed by atoms with Gasteiger partial charge >= 0.3 is 0 Å². The third-order valence-electron chi connectivity index (χ3n) is 5.46. The molecular formula is C21H29FN2O3. The largest absolute Gasteiger partial charge is 0.376 e. The summed E-state index contributed by atoms with van der Waals surface area (Å²) in [6, 6.07) is 5.94. The molecule has 0 aliphatic carbocycles. The quantitative estimate of drug-likeness (QED) is 0.859. The molecule has 1 aromatic carbocycles. The molecule has 5 nitrogen and oxygen atoms in total. The van der Waals surface area contributed by atoms with Gasteiger partial charge < -0.3 is 15.0 Å². The molecule has 2 aliphatic heterocycles. The molecular weight excluding hydrogens is 347 g/mol. The first-order chi connectivity index (χ1) is 13.0. The Kier molecular flexibility index (Phi) is 6.47. The van der Waals surface area contributed by atoms with Crippen LogP contribution in [0.3, 0.4) is 0 Å². The molecule has 3 atom stereocenters. The first-order valence-electron chi connectivity index (χ1n) is 9.92. The summed E-state index contributed by atoms with van der Waals surface area (Å²) in [5, 5.41) is 3.13. The number of carbonyl (C=O) groups excluding carboxylic acids is 2. The van der Waals surface area contributed by atoms with Crippen molar-refractivity contribution in [2.75, 3.05) is 19.7 Å². The number of nitrogens with zero attached hydrogens (tertiary/aromatic N) is 1. The number of hydrogen-bond acceptors (Lipinski definition) is 3. The van der Waals surface area contributed by atoms with Crippen molar-refractivity contribution in [2.45, 2.75) is 51.7 Å². The molecule has 0 bridgehead atoms. The number of piperidine rings is 1. The fourth-order valence-corrected chi connectivity index (χ4v) is 3.95. The van der Waals surface area contributed by atoms with Gasteiger partial charge in [-0.2, -0.15) is 0 Å². The molecule has 148 valence electrons. The summed E-state index contributed by atoms with van der Waals surface area (Å²) in [4.78, 5) is 27.1. The van der Waals surface area contributed by atoms with Gasteiger partial charge in [0.05, 0.1) is 18.1 Å². The third-order valence-corrected chi connectivity index (χ3v) is 5.46. The zero-order valence-corrected chi connectivity index (χ0v) is 16.1. The highest BCUT2D eigenvalue weighted by molar-refractivity contribution is 5.82. The van der Waals surface area contributed by atoms with E-state index < -0.39 is 0 Å². The molecule has 1 N–H and O–H groups in total. The smallest absolute Gasteiger partial charge is 0.225 e. The number of carbonyl (C=O) groups is 2. The first-order valence-corrected chi connectivity index (χ1v) is 9.92. The predicted molar refractivity (Wildman–Crippen MR) is 100 cm³/mol. The zero-order chi connectivity index (χ0) is 19.4. The van der Waals surface area contributed by atoms with Gasteiger partial charge in [-0.3, -0.25) is 9.59 Å². The van der Waals surface area contributed by atoms with Crippen LogP contribution in [0.2, 0.25) is 0 Å². The van der Waals surface area contributed by atoms with E-state index in [9.17, 15) is 14.0 Å². The van der Waals surface area contributed by atoms with Gasteiger partial charge in [0, 0.05) is 25.6 Å². The van der Waals surface area contributed by atoms with E-state index in [0.717, 1.165) is 31.2 Å². The van der Waals surface area contributed by atoms with Crippen LogP contribution in [0.5, 0.6) is 0 Å². The molecule has 1 aromatic rings. The van der Waals surface area contributed by atoms with Crippen molar-refractivity contribution in [3.05, 3.63) is 35.6 Å². The van der Waals surface area contributed by atoms with Crippen LogP contribution in [0.1, 0.15) is 51.1 Å². The van der Waals surface area contributed by atoms with Crippen molar-refractivity contribution in [3.63, 3.8) is 0 Å². The lowest BCUT2D eigenvalue weighted by Gasteiger charge is -2.34. The Hall–Kier alpha value is -1.95. The second-order valence-corrected chi connectivity index (χ2v) is 7.87. The fourth-order valence-electron chi connectivity index (χ4n) is 3.95. The Morgan fingerprint density at radius 3 is 2.56 bits per heavy atom. The van der Waals surface area contributed by atoms with Crippen LogP contribution in [0.15, 0.2) is 24.3 Å². The highest BCUT2D eigenvalue weighted by atomic mass is 19.1. The maximum Gasteiger partial charge on any atom is 0.225 e. The summed E-state index contributed by atoms with van der Waals surface area (Å²) in [5.41, 5.74) is 0.850. The Bertz CT molecular complexity index is 656. The van der Waals surface area contributed by atoms with Gasteiger partial charge in [-0.25, -0.2) is 4.39 Å². The molecule has 3 rings (SSSR count). The lowest BCUT2D eigenvalue weighted by atomic mass is 9.94. The van der Waals surface area contributed by atoms with Crippen LogP contribution < -0.4 is 5.32 Å². The number of ether oxygens (including phenoxy) is 1. The monoisotopic (exact) mass is 376 g/mol. The summed E-state index contributed by atoms with van der Waals surface area (Å²) in [5.74, 6) is -0.537. The number of likely N-dealkylation sites (tertiary alicyclic amines) is 1. The van der Waals surface area contributed by atoms with Crippen molar-refractivity contribution >= 4 is 11.8 Å². The predicted octanol–water partition coefficient (Wildman–Crippen LogP) is 3.06. The van der Waals surface area contributed by atoms with Crippen molar-refractivity contribution in [3.8, 4) is 0 Å². The minimum Gasteiger partial charge on any atom is -0.376 e. The summed E-state index contributed by atoms with van der Waals surface area (Å²) in [6.45, 7) is 5.62. The van der Waals surface area contributed by atoms with Crippen LogP contribution in [0.25, 0.3) is 0 Å². The van der Waals surface area contributed by atoms with E-state index in [1.807, 2.05) is 13.8 Å². The number of rotatable bonds is 5. The van der Waals surface area contributed by atoms with E-state index in [4.69, 9.17) is 4.74 Å². The standard InChI is InChI=1S/C21H29FN2O3/c1-14(2)21(26)24-11-3-5-16(13-24)20(25)23-19(18-6-4-12-27-18)15-7-9-17(22)10-8-15/h7-10,14,16,18-19H,3-6,11-13H2,1-2H3,(H,23,25)/t16-,18+,19+/m0/s1. The average Bonchev–Trinajstić information content (AvgIpc) is 3.20. The van der Waals surface area contributed by atoms with Gasteiger partial charge in [0.25, 0.3) is 0 Å². The first kappa shape index (κ1) is 19.8. The maximum absolute atomic E-state index is 13.3. The van der Waals surface area contributed by atoms with Crippen LogP contribution in [-0.4, -0.2) is 42.5 Å². The Labute approximate surface area is 160 Å². The second-order valence-electron chi connectivity index (χ2n) is 7.87. The Morgan fingerprint density at radius 1 is 1.19 bits per heavy atom. The van der Waals surface area contributed by atoms with E-state index in [2.05, 4.69) is 5.32 Å². The number of hydrogen-bond donors (Lipinski definition) is 1. The Morgan fingerprint density at radius 2 is 1.93 bits per heavy atom. The number of benzene rings is 1. The molecule has 2 saturated heterocycles. The molecule has 0 saturated carbocycles. The molecule has 27 heavy (non-hydrogen) atoms. The summed E-state index contributed by atoms with van der Waals surface area (Å²) in [6.07, 6.45) is 3.33. The number of halogens is 1. The lowest BCUT2D eigenvalue weighted by Crippen LogP contribution is -2.48. The minimum absolute atomic E-state index is 0.0546. The lowest BCUT2D eigenvalue weighted by molar-refractivity contribution is -0.138. The highest BCUT2D eigenvalue weighted by Gasteiger charge is 2.33. The molecule has 6 heteroatoms. The van der Waals surface area contributed by atoms with Crippen LogP contribution in [-0.2, 0) is 14.3 Å². The number of amides is 2. The van der Waals surface area contributed by atoms with E-state index in [0.29, 0.717) is 19.7 Å². The summed E-state index contributed by atoms with van der Waals surface area (Å²) < 4.78 is 19.1. The van der Waals surface area contributed by atoms with Crippen LogP contribution in [0.4, 0.5) is 4.39 Å². The van der Waals surface area contributed by atoms with Gasteiger partial charge in [0.1, 0.15) is 5.82 Å². The second kappa shape index (κ2) is 8.83. The molecule has 2 fully saturated rings.